The minimum atomic E-state index is 0. The van der Waals surface area contributed by atoms with Gasteiger partial charge in [0.25, 0.3) is 0 Å². The van der Waals surface area contributed by atoms with Gasteiger partial charge < -0.3 is 10.6 Å². The third-order valence-electron chi connectivity index (χ3n) is 4.32. The molecule has 1 atom stereocenters. The molecule has 1 saturated heterocycles. The predicted octanol–water partition coefficient (Wildman–Crippen LogP) is 3.54. The van der Waals surface area contributed by atoms with Crippen LogP contribution >= 0.6 is 35.3 Å². The molecule has 2 N–H and O–H groups in total. The van der Waals surface area contributed by atoms with E-state index in [9.17, 15) is 0 Å². The largest absolute Gasteiger partial charge is 0.357 e. The number of aliphatic imine (C=N–C) groups is 1. The maximum Gasteiger partial charge on any atom is 0.191 e. The maximum absolute atomic E-state index is 4.67. The SMILES string of the molecule is CCNC(=NCc1cccs1)NCC(C)N1CCC(C)CC1.I. The lowest BCUT2D eigenvalue weighted by Gasteiger charge is -2.35. The van der Waals surface area contributed by atoms with Crippen molar-refractivity contribution in [1.82, 2.24) is 15.5 Å². The molecule has 0 bridgehead atoms. The highest BCUT2D eigenvalue weighted by Crippen LogP contribution is 2.17. The van der Waals surface area contributed by atoms with Crippen LogP contribution in [0.5, 0.6) is 0 Å². The van der Waals surface area contributed by atoms with Crippen molar-refractivity contribution in [2.75, 3.05) is 26.2 Å². The second kappa shape index (κ2) is 11.3. The van der Waals surface area contributed by atoms with Gasteiger partial charge in [0.2, 0.25) is 0 Å². The van der Waals surface area contributed by atoms with Crippen LogP contribution in [0.1, 0.15) is 38.5 Å². The number of nitrogens with zero attached hydrogens (tertiary/aromatic N) is 2. The molecule has 6 heteroatoms. The molecule has 2 heterocycles. The molecule has 2 rings (SSSR count). The van der Waals surface area contributed by atoms with E-state index in [4.69, 9.17) is 0 Å². The Morgan fingerprint density at radius 3 is 2.74 bits per heavy atom. The van der Waals surface area contributed by atoms with Gasteiger partial charge in [0.05, 0.1) is 6.54 Å². The number of halogens is 1. The fourth-order valence-corrected chi connectivity index (χ4v) is 3.37. The van der Waals surface area contributed by atoms with Crippen LogP contribution in [-0.4, -0.2) is 43.1 Å². The molecule has 0 aliphatic carbocycles. The van der Waals surface area contributed by atoms with Crippen LogP contribution in [-0.2, 0) is 6.54 Å². The minimum Gasteiger partial charge on any atom is -0.357 e. The van der Waals surface area contributed by atoms with Gasteiger partial charge in [-0.2, -0.15) is 0 Å². The first kappa shape index (κ1) is 20.7. The number of hydrogen-bond donors (Lipinski definition) is 2. The van der Waals surface area contributed by atoms with Crippen molar-refractivity contribution >= 4 is 41.3 Å². The molecule has 0 radical (unpaired) electrons. The van der Waals surface area contributed by atoms with E-state index in [0.717, 1.165) is 31.5 Å². The van der Waals surface area contributed by atoms with Crippen LogP contribution in [0.3, 0.4) is 0 Å². The van der Waals surface area contributed by atoms with E-state index in [2.05, 4.69) is 58.8 Å². The third kappa shape index (κ3) is 7.39. The first-order chi connectivity index (χ1) is 10.7. The normalized spacial score (nSPS) is 18.3. The van der Waals surface area contributed by atoms with Crippen molar-refractivity contribution in [2.24, 2.45) is 10.9 Å². The van der Waals surface area contributed by atoms with Crippen LogP contribution in [0.4, 0.5) is 0 Å². The Hall–Kier alpha value is -0.340. The molecule has 0 spiro atoms. The molecule has 1 unspecified atom stereocenters. The standard InChI is InChI=1S/C17H30N4S.HI/c1-4-18-17(20-13-16-6-5-11-22-16)19-12-15(3)21-9-7-14(2)8-10-21;/h5-6,11,14-15H,4,7-10,12-13H2,1-3H3,(H2,18,19,20);1H. The molecule has 0 aromatic carbocycles. The second-order valence-corrected chi connectivity index (χ2v) is 7.26. The van der Waals surface area contributed by atoms with Crippen LogP contribution in [0, 0.1) is 5.92 Å². The summed E-state index contributed by atoms with van der Waals surface area (Å²) in [6.45, 7) is 11.8. The number of rotatable bonds is 6. The zero-order chi connectivity index (χ0) is 15.8. The van der Waals surface area contributed by atoms with Crippen LogP contribution in [0.15, 0.2) is 22.5 Å². The first-order valence-corrected chi connectivity index (χ1v) is 9.35. The van der Waals surface area contributed by atoms with Crippen molar-refractivity contribution in [3.05, 3.63) is 22.4 Å². The summed E-state index contributed by atoms with van der Waals surface area (Å²) >= 11 is 1.76. The first-order valence-electron chi connectivity index (χ1n) is 8.47. The van der Waals surface area contributed by atoms with Crippen molar-refractivity contribution in [3.8, 4) is 0 Å². The van der Waals surface area contributed by atoms with E-state index in [-0.39, 0.29) is 24.0 Å². The second-order valence-electron chi connectivity index (χ2n) is 6.22. The zero-order valence-electron chi connectivity index (χ0n) is 14.5. The molecular formula is C17H31IN4S. The summed E-state index contributed by atoms with van der Waals surface area (Å²) in [5, 5.41) is 8.93. The Kier molecular flexibility index (Phi) is 10.1. The van der Waals surface area contributed by atoms with E-state index in [1.54, 1.807) is 11.3 Å². The van der Waals surface area contributed by atoms with Gasteiger partial charge in [-0.25, -0.2) is 4.99 Å². The summed E-state index contributed by atoms with van der Waals surface area (Å²) in [5.41, 5.74) is 0. The Bertz CT molecular complexity index is 441. The molecule has 1 aliphatic rings. The molecular weight excluding hydrogens is 419 g/mol. The molecule has 0 saturated carbocycles. The molecule has 4 nitrogen and oxygen atoms in total. The number of hydrogen-bond acceptors (Lipinski definition) is 3. The average molecular weight is 450 g/mol. The van der Waals surface area contributed by atoms with E-state index >= 15 is 0 Å². The van der Waals surface area contributed by atoms with E-state index < -0.39 is 0 Å². The lowest BCUT2D eigenvalue weighted by Crippen LogP contribution is -2.48. The summed E-state index contributed by atoms with van der Waals surface area (Å²) in [6, 6.07) is 4.77. The van der Waals surface area contributed by atoms with E-state index in [0.29, 0.717) is 6.04 Å². The van der Waals surface area contributed by atoms with Gasteiger partial charge in [-0.15, -0.1) is 35.3 Å². The minimum absolute atomic E-state index is 0. The number of nitrogens with one attached hydrogen (secondary N) is 2. The molecule has 1 aliphatic heterocycles. The highest BCUT2D eigenvalue weighted by Gasteiger charge is 2.20. The van der Waals surface area contributed by atoms with Gasteiger partial charge in [0, 0.05) is 24.0 Å². The summed E-state index contributed by atoms with van der Waals surface area (Å²) < 4.78 is 0. The summed E-state index contributed by atoms with van der Waals surface area (Å²) in [7, 11) is 0. The van der Waals surface area contributed by atoms with Gasteiger partial charge in [0.15, 0.2) is 5.96 Å². The summed E-state index contributed by atoms with van der Waals surface area (Å²) in [6.07, 6.45) is 2.66. The van der Waals surface area contributed by atoms with E-state index in [1.165, 1.54) is 30.8 Å². The fraction of sp³-hybridized carbons (Fsp3) is 0.706. The molecule has 132 valence electrons. The van der Waals surface area contributed by atoms with Crippen molar-refractivity contribution < 1.29 is 0 Å². The number of piperidine rings is 1. The van der Waals surface area contributed by atoms with Gasteiger partial charge in [-0.05, 0) is 57.1 Å². The molecule has 1 aromatic heterocycles. The Labute approximate surface area is 162 Å². The smallest absolute Gasteiger partial charge is 0.191 e. The highest BCUT2D eigenvalue weighted by molar-refractivity contribution is 14.0. The Balaban J connectivity index is 0.00000264. The molecule has 0 amide bonds. The van der Waals surface area contributed by atoms with Crippen molar-refractivity contribution in [2.45, 2.75) is 46.2 Å². The predicted molar refractivity (Wildman–Crippen MR) is 112 cm³/mol. The quantitative estimate of drug-likeness (QED) is 0.396. The molecule has 1 aromatic rings. The highest BCUT2D eigenvalue weighted by atomic mass is 127. The topological polar surface area (TPSA) is 39.7 Å². The number of likely N-dealkylation sites (tertiary alicyclic amines) is 1. The van der Waals surface area contributed by atoms with Crippen LogP contribution in [0.25, 0.3) is 0 Å². The fourth-order valence-electron chi connectivity index (χ4n) is 2.74. The Morgan fingerprint density at radius 2 is 2.13 bits per heavy atom. The van der Waals surface area contributed by atoms with Gasteiger partial charge in [-0.3, -0.25) is 4.90 Å². The monoisotopic (exact) mass is 450 g/mol. The lowest BCUT2D eigenvalue weighted by molar-refractivity contribution is 0.147. The van der Waals surface area contributed by atoms with Crippen molar-refractivity contribution in [1.29, 1.82) is 0 Å². The lowest BCUT2D eigenvalue weighted by atomic mass is 9.98. The average Bonchev–Trinajstić information content (AvgIpc) is 3.04. The number of guanidine groups is 1. The number of thiophene rings is 1. The third-order valence-corrected chi connectivity index (χ3v) is 5.18. The Morgan fingerprint density at radius 1 is 1.39 bits per heavy atom. The van der Waals surface area contributed by atoms with Gasteiger partial charge in [0.1, 0.15) is 0 Å². The van der Waals surface area contributed by atoms with Crippen molar-refractivity contribution in [3.63, 3.8) is 0 Å². The van der Waals surface area contributed by atoms with Crippen LogP contribution in [0.2, 0.25) is 0 Å². The van der Waals surface area contributed by atoms with Gasteiger partial charge in [-0.1, -0.05) is 13.0 Å². The summed E-state index contributed by atoms with van der Waals surface area (Å²) in [5.74, 6) is 1.81. The molecule has 23 heavy (non-hydrogen) atoms. The maximum atomic E-state index is 4.67. The van der Waals surface area contributed by atoms with E-state index in [1.807, 2.05) is 0 Å². The van der Waals surface area contributed by atoms with Crippen LogP contribution < -0.4 is 10.6 Å². The zero-order valence-corrected chi connectivity index (χ0v) is 17.7. The van der Waals surface area contributed by atoms with Gasteiger partial charge >= 0.3 is 0 Å². The summed E-state index contributed by atoms with van der Waals surface area (Å²) in [4.78, 5) is 8.57. The molecule has 1 fully saturated rings.